The molecule has 3 aliphatic heterocycles. The van der Waals surface area contributed by atoms with Crippen molar-refractivity contribution in [3.63, 3.8) is 0 Å². The molecule has 0 bridgehead atoms. The van der Waals surface area contributed by atoms with Gasteiger partial charge in [-0.3, -0.25) is 19.5 Å². The van der Waals surface area contributed by atoms with Gasteiger partial charge in [-0.15, -0.1) is 34.9 Å². The van der Waals surface area contributed by atoms with E-state index in [2.05, 4.69) is 20.6 Å². The SMILES string of the molecule is NCN1N=CSC1SCC1=C(C(=O)O)N2C(=O)C(NC(=O)C(=NOC3C=CCC3)c3csc(N)n3)[C@@H]2SC1. The minimum absolute atomic E-state index is 0.0440. The normalized spacial score (nSPS) is 26.6. The van der Waals surface area contributed by atoms with E-state index in [0.29, 0.717) is 17.1 Å². The fourth-order valence-electron chi connectivity index (χ4n) is 4.11. The van der Waals surface area contributed by atoms with Crippen molar-refractivity contribution in [3.8, 4) is 0 Å². The van der Waals surface area contributed by atoms with Crippen LogP contribution in [0.2, 0.25) is 0 Å². The Morgan fingerprint density at radius 3 is 2.92 bits per heavy atom. The quantitative estimate of drug-likeness (QED) is 0.129. The predicted octanol–water partition coefficient (Wildman–Crippen LogP) is 0.828. The molecule has 4 aliphatic rings. The first-order valence-electron chi connectivity index (χ1n) is 11.5. The molecular weight excluding hydrogens is 573 g/mol. The smallest absolute Gasteiger partial charge is 0.352 e. The van der Waals surface area contributed by atoms with Gasteiger partial charge in [0.25, 0.3) is 11.8 Å². The molecule has 2 amide bonds. The number of carbonyl (C=O) groups excluding carboxylic acids is 2. The number of nitrogens with one attached hydrogen (secondary N) is 1. The number of hydrogen-bond donors (Lipinski definition) is 4. The third-order valence-corrected chi connectivity index (χ3v) is 10.5. The van der Waals surface area contributed by atoms with Crippen molar-refractivity contribution in [1.29, 1.82) is 0 Å². The van der Waals surface area contributed by atoms with E-state index in [0.717, 1.165) is 24.2 Å². The lowest BCUT2D eigenvalue weighted by atomic mass is 10.0. The van der Waals surface area contributed by atoms with Crippen molar-refractivity contribution in [2.24, 2.45) is 16.0 Å². The fourth-order valence-corrected chi connectivity index (χ4v) is 8.26. The minimum Gasteiger partial charge on any atom is -0.477 e. The van der Waals surface area contributed by atoms with Crippen LogP contribution in [0.15, 0.2) is 39.1 Å². The number of carbonyl (C=O) groups is 3. The number of anilines is 1. The topological polar surface area (TPSA) is 189 Å². The van der Waals surface area contributed by atoms with Crippen molar-refractivity contribution in [2.75, 3.05) is 23.9 Å². The number of hydrogen-bond acceptors (Lipinski definition) is 14. The zero-order chi connectivity index (χ0) is 26.8. The van der Waals surface area contributed by atoms with Gasteiger partial charge in [-0.2, -0.15) is 5.10 Å². The molecule has 17 heteroatoms. The Kier molecular flexibility index (Phi) is 8.18. The Morgan fingerprint density at radius 1 is 1.39 bits per heavy atom. The van der Waals surface area contributed by atoms with E-state index in [1.165, 1.54) is 40.2 Å². The summed E-state index contributed by atoms with van der Waals surface area (Å²) in [5.41, 5.74) is 13.9. The molecule has 3 unspecified atom stereocenters. The highest BCUT2D eigenvalue weighted by atomic mass is 32.2. The molecule has 1 fully saturated rings. The minimum atomic E-state index is -1.19. The largest absolute Gasteiger partial charge is 0.477 e. The summed E-state index contributed by atoms with van der Waals surface area (Å²) in [6, 6.07) is -0.921. The fraction of sp³-hybridized carbons (Fsp3) is 0.429. The Balaban J connectivity index is 1.28. The van der Waals surface area contributed by atoms with Crippen LogP contribution in [-0.4, -0.2) is 89.4 Å². The first-order chi connectivity index (χ1) is 18.4. The van der Waals surface area contributed by atoms with Crippen LogP contribution < -0.4 is 16.8 Å². The molecule has 1 aromatic heterocycles. The van der Waals surface area contributed by atoms with Gasteiger partial charge in [0.15, 0.2) is 10.8 Å². The molecule has 0 spiro atoms. The van der Waals surface area contributed by atoms with Crippen molar-refractivity contribution < 1.29 is 24.3 Å². The lowest BCUT2D eigenvalue weighted by molar-refractivity contribution is -0.150. The average Bonchev–Trinajstić information content (AvgIpc) is 3.68. The van der Waals surface area contributed by atoms with Gasteiger partial charge in [-0.1, -0.05) is 23.0 Å². The molecule has 6 N–H and O–H groups in total. The van der Waals surface area contributed by atoms with Crippen LogP contribution in [0.5, 0.6) is 0 Å². The summed E-state index contributed by atoms with van der Waals surface area (Å²) in [4.78, 5) is 49.4. The summed E-state index contributed by atoms with van der Waals surface area (Å²) in [7, 11) is 0. The van der Waals surface area contributed by atoms with Crippen molar-refractivity contribution in [2.45, 2.75) is 35.1 Å². The van der Waals surface area contributed by atoms with Gasteiger partial charge in [0.1, 0.15) is 33.6 Å². The molecule has 4 heterocycles. The number of β-lactam (4-membered cyclic amide) rings is 1. The summed E-state index contributed by atoms with van der Waals surface area (Å²) in [5, 5.41) is 23.8. The van der Waals surface area contributed by atoms with Crippen LogP contribution in [0, 0.1) is 0 Å². The number of thioether (sulfide) groups is 3. The number of thiazole rings is 1. The van der Waals surface area contributed by atoms with E-state index < -0.39 is 29.2 Å². The van der Waals surface area contributed by atoms with Crippen LogP contribution in [0.4, 0.5) is 5.13 Å². The number of oxime groups is 1. The number of aliphatic carboxylic acids is 1. The predicted molar refractivity (Wildman–Crippen MR) is 149 cm³/mol. The number of nitrogens with two attached hydrogens (primary N) is 2. The highest BCUT2D eigenvalue weighted by Gasteiger charge is 2.54. The first-order valence-corrected chi connectivity index (χ1v) is 15.4. The standard InChI is InChI=1S/C21H24N8O5S4/c22-8-28-21(38-9-24-28)37-6-10-5-35-18-14(17(31)29(18)15(10)19(32)33)26-16(30)13(12-7-36-20(23)25-12)27-34-11-3-1-2-4-11/h1,3,7,9,11,14,18,21H,2,4-6,8,22H2,(H2,23,25)(H,26,30)(H,32,33)/t11?,14?,18-,21?/m0/s1. The molecule has 1 aromatic rings. The first kappa shape index (κ1) is 26.9. The molecular formula is C21H24N8O5S4. The second-order valence-electron chi connectivity index (χ2n) is 8.38. The summed E-state index contributed by atoms with van der Waals surface area (Å²) in [5.74, 6) is -1.55. The zero-order valence-electron chi connectivity index (χ0n) is 19.8. The van der Waals surface area contributed by atoms with Crippen LogP contribution in [-0.2, 0) is 19.2 Å². The van der Waals surface area contributed by atoms with Gasteiger partial charge in [0.2, 0.25) is 0 Å². The number of nitrogens with zero attached hydrogens (tertiary/aromatic N) is 5. The number of amides is 2. The van der Waals surface area contributed by atoms with Crippen molar-refractivity contribution >= 4 is 80.8 Å². The van der Waals surface area contributed by atoms with Gasteiger partial charge in [-0.05, 0) is 24.5 Å². The number of rotatable bonds is 10. The summed E-state index contributed by atoms with van der Waals surface area (Å²) in [6.45, 7) is 0.246. The number of hydrazone groups is 1. The van der Waals surface area contributed by atoms with E-state index in [-0.39, 0.29) is 39.7 Å². The maximum Gasteiger partial charge on any atom is 0.352 e. The molecule has 4 atom stereocenters. The molecule has 1 aliphatic carbocycles. The van der Waals surface area contributed by atoms with Crippen LogP contribution in [0.1, 0.15) is 18.5 Å². The third-order valence-electron chi connectivity index (χ3n) is 5.97. The molecule has 1 saturated heterocycles. The molecule has 0 aromatic carbocycles. The zero-order valence-corrected chi connectivity index (χ0v) is 23.0. The Morgan fingerprint density at radius 2 is 2.24 bits per heavy atom. The third kappa shape index (κ3) is 5.38. The molecule has 0 saturated carbocycles. The number of nitrogen functional groups attached to an aromatic ring is 1. The highest BCUT2D eigenvalue weighted by Crippen LogP contribution is 2.42. The van der Waals surface area contributed by atoms with Gasteiger partial charge < -0.3 is 26.7 Å². The Hall–Kier alpha value is -2.73. The molecule has 5 rings (SSSR count). The summed E-state index contributed by atoms with van der Waals surface area (Å²) < 4.78 is -0.0659. The maximum atomic E-state index is 13.2. The van der Waals surface area contributed by atoms with Crippen molar-refractivity contribution in [3.05, 3.63) is 34.5 Å². The van der Waals surface area contributed by atoms with E-state index in [1.807, 2.05) is 12.2 Å². The van der Waals surface area contributed by atoms with Gasteiger partial charge in [0, 0.05) is 16.9 Å². The van der Waals surface area contributed by atoms with Gasteiger partial charge >= 0.3 is 5.97 Å². The van der Waals surface area contributed by atoms with Crippen LogP contribution in [0.3, 0.4) is 0 Å². The second kappa shape index (κ2) is 11.6. The van der Waals surface area contributed by atoms with Crippen molar-refractivity contribution in [1.82, 2.24) is 20.2 Å². The Labute approximate surface area is 234 Å². The number of allylic oxidation sites excluding steroid dienone is 1. The lowest BCUT2D eigenvalue weighted by Gasteiger charge is -2.49. The van der Waals surface area contributed by atoms with E-state index in [4.69, 9.17) is 16.3 Å². The number of aromatic nitrogens is 1. The molecule has 38 heavy (non-hydrogen) atoms. The highest BCUT2D eigenvalue weighted by molar-refractivity contribution is 8.24. The van der Waals surface area contributed by atoms with Crippen LogP contribution in [0.25, 0.3) is 0 Å². The monoisotopic (exact) mass is 596 g/mol. The van der Waals surface area contributed by atoms with E-state index >= 15 is 0 Å². The average molecular weight is 597 g/mol. The number of carboxylic acids is 1. The summed E-state index contributed by atoms with van der Waals surface area (Å²) in [6.07, 6.45) is 5.18. The second-order valence-corrected chi connectivity index (χ2v) is 12.7. The van der Waals surface area contributed by atoms with Gasteiger partial charge in [0.05, 0.1) is 12.2 Å². The molecule has 0 radical (unpaired) electrons. The summed E-state index contributed by atoms with van der Waals surface area (Å²) >= 11 is 5.53. The lowest BCUT2D eigenvalue weighted by Crippen LogP contribution is -2.71. The Bertz CT molecular complexity index is 1250. The maximum absolute atomic E-state index is 13.2. The van der Waals surface area contributed by atoms with Crippen LogP contribution >= 0.6 is 46.6 Å². The van der Waals surface area contributed by atoms with E-state index in [1.54, 1.807) is 15.9 Å². The van der Waals surface area contributed by atoms with Gasteiger partial charge in [-0.25, -0.2) is 9.78 Å². The molecule has 202 valence electrons. The van der Waals surface area contributed by atoms with E-state index in [9.17, 15) is 19.5 Å². The number of fused-ring (bicyclic) bond motifs is 1. The number of carboxylic acid groups (broad SMARTS) is 1. The molecule has 13 nitrogen and oxygen atoms in total.